The third kappa shape index (κ3) is 2.56. The van der Waals surface area contributed by atoms with Crippen LogP contribution >= 0.6 is 0 Å². The Morgan fingerprint density at radius 2 is 2.07 bits per heavy atom. The molecule has 0 aromatic rings. The van der Waals surface area contributed by atoms with E-state index < -0.39 is 0 Å². The molecule has 14 heavy (non-hydrogen) atoms. The molecule has 0 saturated heterocycles. The van der Waals surface area contributed by atoms with Crippen LogP contribution in [0.4, 0.5) is 0 Å². The van der Waals surface area contributed by atoms with Crippen molar-refractivity contribution in [2.24, 2.45) is 5.10 Å². The van der Waals surface area contributed by atoms with Gasteiger partial charge in [0.2, 0.25) is 5.91 Å². The first kappa shape index (κ1) is 11.2. The van der Waals surface area contributed by atoms with Gasteiger partial charge in [0.05, 0.1) is 12.0 Å². The third-order valence-corrected chi connectivity index (χ3v) is 2.29. The zero-order valence-corrected chi connectivity index (χ0v) is 9.63. The number of carbonyl (C=O) groups is 1. The summed E-state index contributed by atoms with van der Waals surface area (Å²) in [6, 6.07) is 0. The van der Waals surface area contributed by atoms with E-state index in [2.05, 4.69) is 12.0 Å². The van der Waals surface area contributed by atoms with Crippen LogP contribution in [0.2, 0.25) is 0 Å². The first-order valence-electron chi connectivity index (χ1n) is 5.34. The Balaban J connectivity index is 2.62. The van der Waals surface area contributed by atoms with Gasteiger partial charge in [-0.2, -0.15) is 5.10 Å². The molecule has 0 fully saturated rings. The van der Waals surface area contributed by atoms with Crippen LogP contribution in [0.25, 0.3) is 0 Å². The standard InChI is InChI=1S/C11H20N2O/c1-5-6-7-9-8-10(14)13(12-9)11(2,3)4/h5-8H2,1-4H3. The molecule has 80 valence electrons. The first-order chi connectivity index (χ1) is 6.45. The largest absolute Gasteiger partial charge is 0.273 e. The average Bonchev–Trinajstić information content (AvgIpc) is 2.42. The molecule has 3 nitrogen and oxygen atoms in total. The maximum absolute atomic E-state index is 11.6. The predicted octanol–water partition coefficient (Wildman–Crippen LogP) is 2.56. The number of unbranched alkanes of at least 4 members (excludes halogenated alkanes) is 1. The van der Waals surface area contributed by atoms with Crippen LogP contribution in [-0.2, 0) is 4.79 Å². The molecule has 0 aliphatic carbocycles. The van der Waals surface area contributed by atoms with Crippen LogP contribution in [-0.4, -0.2) is 22.2 Å². The lowest BCUT2D eigenvalue weighted by molar-refractivity contribution is -0.133. The van der Waals surface area contributed by atoms with Crippen molar-refractivity contribution >= 4 is 11.6 Å². The van der Waals surface area contributed by atoms with Crippen LogP contribution in [0, 0.1) is 0 Å². The number of nitrogens with zero attached hydrogens (tertiary/aromatic N) is 2. The summed E-state index contributed by atoms with van der Waals surface area (Å²) in [5.41, 5.74) is 0.872. The lowest BCUT2D eigenvalue weighted by atomic mass is 10.1. The predicted molar refractivity (Wildman–Crippen MR) is 58.2 cm³/mol. The number of hydrogen-bond acceptors (Lipinski definition) is 2. The van der Waals surface area contributed by atoms with E-state index in [1.54, 1.807) is 5.01 Å². The summed E-state index contributed by atoms with van der Waals surface area (Å²) < 4.78 is 0. The van der Waals surface area contributed by atoms with Gasteiger partial charge in [0.25, 0.3) is 0 Å². The van der Waals surface area contributed by atoms with Crippen molar-refractivity contribution in [3.05, 3.63) is 0 Å². The SMILES string of the molecule is CCCCC1=NN(C(C)(C)C)C(=O)C1. The van der Waals surface area contributed by atoms with Crippen LogP contribution in [0.3, 0.4) is 0 Å². The second kappa shape index (κ2) is 4.11. The van der Waals surface area contributed by atoms with Gasteiger partial charge in [0.1, 0.15) is 0 Å². The Morgan fingerprint density at radius 1 is 1.43 bits per heavy atom. The van der Waals surface area contributed by atoms with E-state index >= 15 is 0 Å². The van der Waals surface area contributed by atoms with E-state index in [9.17, 15) is 4.79 Å². The zero-order chi connectivity index (χ0) is 10.8. The summed E-state index contributed by atoms with van der Waals surface area (Å²) in [6.45, 7) is 8.18. The Kier molecular flexibility index (Phi) is 3.29. The number of hydrazone groups is 1. The van der Waals surface area contributed by atoms with Crippen LogP contribution < -0.4 is 0 Å². The van der Waals surface area contributed by atoms with Gasteiger partial charge in [-0.3, -0.25) is 4.79 Å². The van der Waals surface area contributed by atoms with Gasteiger partial charge in [0, 0.05) is 5.71 Å². The van der Waals surface area contributed by atoms with Crippen molar-refractivity contribution in [1.29, 1.82) is 0 Å². The molecule has 1 rings (SSSR count). The van der Waals surface area contributed by atoms with Crippen molar-refractivity contribution in [2.75, 3.05) is 0 Å². The highest BCUT2D eigenvalue weighted by molar-refractivity contribution is 6.05. The van der Waals surface area contributed by atoms with E-state index in [4.69, 9.17) is 0 Å². The number of carbonyl (C=O) groups excluding carboxylic acids is 1. The lowest BCUT2D eigenvalue weighted by Gasteiger charge is -2.27. The van der Waals surface area contributed by atoms with Gasteiger partial charge in [-0.05, 0) is 33.6 Å². The molecule has 0 bridgehead atoms. The quantitative estimate of drug-likeness (QED) is 0.682. The van der Waals surface area contributed by atoms with Crippen LogP contribution in [0.15, 0.2) is 5.10 Å². The summed E-state index contributed by atoms with van der Waals surface area (Å²) in [7, 11) is 0. The molecular weight excluding hydrogens is 176 g/mol. The fourth-order valence-corrected chi connectivity index (χ4v) is 1.53. The fourth-order valence-electron chi connectivity index (χ4n) is 1.53. The molecule has 0 N–H and O–H groups in total. The van der Waals surface area contributed by atoms with Crippen molar-refractivity contribution in [2.45, 2.75) is 58.9 Å². The van der Waals surface area contributed by atoms with Crippen molar-refractivity contribution < 1.29 is 4.79 Å². The maximum Gasteiger partial charge on any atom is 0.248 e. The monoisotopic (exact) mass is 196 g/mol. The first-order valence-corrected chi connectivity index (χ1v) is 5.34. The second-order valence-corrected chi connectivity index (χ2v) is 4.82. The molecule has 0 saturated carbocycles. The molecule has 0 radical (unpaired) electrons. The average molecular weight is 196 g/mol. The normalized spacial score (nSPS) is 17.6. The van der Waals surface area contributed by atoms with E-state index in [-0.39, 0.29) is 11.4 Å². The molecule has 0 spiro atoms. The summed E-state index contributed by atoms with van der Waals surface area (Å²) in [5.74, 6) is 0.142. The van der Waals surface area contributed by atoms with Crippen molar-refractivity contribution in [3.63, 3.8) is 0 Å². The van der Waals surface area contributed by atoms with Gasteiger partial charge in [-0.25, -0.2) is 5.01 Å². The Hall–Kier alpha value is -0.860. The molecule has 0 aromatic carbocycles. The topological polar surface area (TPSA) is 32.7 Å². The zero-order valence-electron chi connectivity index (χ0n) is 9.63. The van der Waals surface area contributed by atoms with Crippen LogP contribution in [0.1, 0.15) is 53.4 Å². The van der Waals surface area contributed by atoms with Crippen LogP contribution in [0.5, 0.6) is 0 Å². The van der Waals surface area contributed by atoms with Gasteiger partial charge >= 0.3 is 0 Å². The molecular formula is C11H20N2O. The van der Waals surface area contributed by atoms with E-state index in [0.717, 1.165) is 25.0 Å². The molecule has 0 aromatic heterocycles. The molecule has 0 unspecified atom stereocenters. The highest BCUT2D eigenvalue weighted by atomic mass is 16.2. The smallest absolute Gasteiger partial charge is 0.248 e. The summed E-state index contributed by atoms with van der Waals surface area (Å²) in [5, 5.41) is 6.00. The molecule has 1 aliphatic rings. The third-order valence-electron chi connectivity index (χ3n) is 2.29. The molecule has 3 heteroatoms. The van der Waals surface area contributed by atoms with Gasteiger partial charge in [0.15, 0.2) is 0 Å². The van der Waals surface area contributed by atoms with E-state index in [1.807, 2.05) is 20.8 Å². The number of rotatable bonds is 3. The fraction of sp³-hybridized carbons (Fsp3) is 0.818. The Labute approximate surface area is 86.2 Å². The highest BCUT2D eigenvalue weighted by Crippen LogP contribution is 2.22. The minimum atomic E-state index is -0.176. The minimum absolute atomic E-state index is 0.142. The molecule has 0 atom stereocenters. The molecule has 1 heterocycles. The van der Waals surface area contributed by atoms with E-state index in [1.165, 1.54) is 0 Å². The van der Waals surface area contributed by atoms with Gasteiger partial charge < -0.3 is 0 Å². The van der Waals surface area contributed by atoms with Crippen molar-refractivity contribution in [3.8, 4) is 0 Å². The summed E-state index contributed by atoms with van der Waals surface area (Å²) in [6.07, 6.45) is 3.78. The number of hydrogen-bond donors (Lipinski definition) is 0. The molecule has 1 aliphatic heterocycles. The second-order valence-electron chi connectivity index (χ2n) is 4.82. The van der Waals surface area contributed by atoms with Gasteiger partial charge in [-0.1, -0.05) is 13.3 Å². The maximum atomic E-state index is 11.6. The lowest BCUT2D eigenvalue weighted by Crippen LogP contribution is -2.38. The highest BCUT2D eigenvalue weighted by Gasteiger charge is 2.31. The minimum Gasteiger partial charge on any atom is -0.273 e. The summed E-state index contributed by atoms with van der Waals surface area (Å²) >= 11 is 0. The van der Waals surface area contributed by atoms with Gasteiger partial charge in [-0.15, -0.1) is 0 Å². The number of amides is 1. The van der Waals surface area contributed by atoms with Crippen molar-refractivity contribution in [1.82, 2.24) is 5.01 Å². The molecule has 1 amide bonds. The van der Waals surface area contributed by atoms with E-state index in [0.29, 0.717) is 6.42 Å². The Morgan fingerprint density at radius 3 is 2.50 bits per heavy atom. The Bertz CT molecular complexity index is 251. The summed E-state index contributed by atoms with van der Waals surface area (Å²) in [4.78, 5) is 11.6.